The highest BCUT2D eigenvalue weighted by atomic mass is 16.7. The van der Waals surface area contributed by atoms with Gasteiger partial charge >= 0.3 is 0 Å². The molecule has 7 atom stereocenters. The third kappa shape index (κ3) is 40.3. The number of allylic oxidation sites excluding steroid dienone is 1. The Morgan fingerprint density at radius 1 is 0.471 bits per heavy atom. The predicted molar refractivity (Wildman–Crippen MR) is 295 cm³/mol. The van der Waals surface area contributed by atoms with Crippen molar-refractivity contribution in [3.63, 3.8) is 0 Å². The summed E-state index contributed by atoms with van der Waals surface area (Å²) in [6.07, 6.45) is 57.3. The van der Waals surface area contributed by atoms with Crippen molar-refractivity contribution in [3.8, 4) is 0 Å². The van der Waals surface area contributed by atoms with Crippen LogP contribution in [-0.4, -0.2) is 87.5 Å². The number of aliphatic hydroxyl groups is 5. The summed E-state index contributed by atoms with van der Waals surface area (Å²) in [5.74, 6) is -0.169. The Bertz CT molecular complexity index is 1110. The van der Waals surface area contributed by atoms with Crippen LogP contribution < -0.4 is 5.32 Å². The lowest BCUT2D eigenvalue weighted by molar-refractivity contribution is -0.302. The quantitative estimate of drug-likeness (QED) is 0.0261. The minimum Gasteiger partial charge on any atom is -0.394 e. The Balaban J connectivity index is 2.12. The van der Waals surface area contributed by atoms with Crippen LogP contribution in [0.4, 0.5) is 0 Å². The molecule has 416 valence electrons. The van der Waals surface area contributed by atoms with E-state index in [-0.39, 0.29) is 12.5 Å². The fourth-order valence-corrected chi connectivity index (χ4v) is 10.2. The zero-order valence-corrected chi connectivity index (χ0v) is 46.3. The van der Waals surface area contributed by atoms with Crippen LogP contribution in [0.5, 0.6) is 0 Å². The Labute approximate surface area is 433 Å². The maximum absolute atomic E-state index is 13.1. The molecule has 1 heterocycles. The average molecular weight is 995 g/mol. The van der Waals surface area contributed by atoms with Crippen molar-refractivity contribution in [2.45, 2.75) is 358 Å². The number of unbranched alkanes of at least 4 members (excludes halogenated alkanes) is 44. The SMILES string of the molecule is CCCCCCCCCCCCCCCC/C=C/[C@@H](O)[C@H](CO[C@@H]1O[C@H](CO)[C@H](O)C(O)C1O)NC(=O)CCCCCCCCCCCCCCCCCCCCCCCCCCCCCCCCC. The second kappa shape index (κ2) is 51.4. The van der Waals surface area contributed by atoms with E-state index in [9.17, 15) is 30.3 Å². The molecule has 2 unspecified atom stereocenters. The molecule has 1 rings (SSSR count). The molecule has 6 N–H and O–H groups in total. The molecule has 1 aliphatic heterocycles. The first-order chi connectivity index (χ1) is 34.3. The second-order valence-electron chi connectivity index (χ2n) is 21.9. The van der Waals surface area contributed by atoms with E-state index in [2.05, 4.69) is 19.2 Å². The molecule has 70 heavy (non-hydrogen) atoms. The topological polar surface area (TPSA) is 149 Å². The third-order valence-electron chi connectivity index (χ3n) is 15.1. The molecule has 1 fully saturated rings. The molecule has 0 spiro atoms. The van der Waals surface area contributed by atoms with Gasteiger partial charge in [0.2, 0.25) is 5.91 Å². The lowest BCUT2D eigenvalue weighted by Gasteiger charge is -2.40. The molecule has 0 aliphatic carbocycles. The van der Waals surface area contributed by atoms with Gasteiger partial charge in [-0.2, -0.15) is 0 Å². The van der Waals surface area contributed by atoms with Crippen molar-refractivity contribution in [3.05, 3.63) is 12.2 Å². The Hall–Kier alpha value is -1.07. The number of carbonyl (C=O) groups excluding carboxylic acids is 1. The van der Waals surface area contributed by atoms with Crippen LogP contribution >= 0.6 is 0 Å². The summed E-state index contributed by atoms with van der Waals surface area (Å²) in [7, 11) is 0. The Morgan fingerprint density at radius 2 is 0.786 bits per heavy atom. The number of ether oxygens (including phenoxy) is 2. The molecular formula is C61H119NO8. The van der Waals surface area contributed by atoms with Gasteiger partial charge in [0.25, 0.3) is 0 Å². The van der Waals surface area contributed by atoms with Gasteiger partial charge in [0.15, 0.2) is 6.29 Å². The van der Waals surface area contributed by atoms with Gasteiger partial charge in [-0.1, -0.05) is 302 Å². The summed E-state index contributed by atoms with van der Waals surface area (Å²) in [6, 6.07) is -0.800. The Morgan fingerprint density at radius 3 is 1.11 bits per heavy atom. The Kier molecular flexibility index (Phi) is 49.2. The molecule has 9 nitrogen and oxygen atoms in total. The highest BCUT2D eigenvalue weighted by molar-refractivity contribution is 5.76. The number of nitrogens with one attached hydrogen (secondary N) is 1. The van der Waals surface area contributed by atoms with Gasteiger partial charge in [0, 0.05) is 6.42 Å². The molecular weight excluding hydrogens is 875 g/mol. The van der Waals surface area contributed by atoms with E-state index in [0.29, 0.717) is 6.42 Å². The van der Waals surface area contributed by atoms with Gasteiger partial charge in [-0.3, -0.25) is 4.79 Å². The number of hydrogen-bond donors (Lipinski definition) is 6. The molecule has 0 aromatic rings. The van der Waals surface area contributed by atoms with Crippen molar-refractivity contribution in [1.29, 1.82) is 0 Å². The first-order valence-corrected chi connectivity index (χ1v) is 30.9. The normalized spacial score (nSPS) is 19.3. The van der Waals surface area contributed by atoms with Crippen molar-refractivity contribution in [1.82, 2.24) is 5.32 Å². The van der Waals surface area contributed by atoms with Crippen LogP contribution in [0, 0.1) is 0 Å². The summed E-state index contributed by atoms with van der Waals surface area (Å²) >= 11 is 0. The largest absolute Gasteiger partial charge is 0.394 e. The summed E-state index contributed by atoms with van der Waals surface area (Å²) in [5, 5.41) is 54.5. The minimum absolute atomic E-state index is 0.169. The van der Waals surface area contributed by atoms with Crippen LogP contribution in [0.1, 0.15) is 316 Å². The monoisotopic (exact) mass is 994 g/mol. The first kappa shape index (κ1) is 66.9. The number of aliphatic hydroxyl groups excluding tert-OH is 5. The molecule has 0 saturated carbocycles. The van der Waals surface area contributed by atoms with E-state index < -0.39 is 49.5 Å². The zero-order valence-electron chi connectivity index (χ0n) is 46.3. The van der Waals surface area contributed by atoms with E-state index in [1.54, 1.807) is 6.08 Å². The van der Waals surface area contributed by atoms with Gasteiger partial charge in [0.05, 0.1) is 25.4 Å². The van der Waals surface area contributed by atoms with Crippen LogP contribution in [0.3, 0.4) is 0 Å². The lowest BCUT2D eigenvalue weighted by atomic mass is 9.99. The lowest BCUT2D eigenvalue weighted by Crippen LogP contribution is -2.60. The fraction of sp³-hybridized carbons (Fsp3) is 0.951. The molecule has 1 saturated heterocycles. The fourth-order valence-electron chi connectivity index (χ4n) is 10.2. The van der Waals surface area contributed by atoms with Gasteiger partial charge in [-0.25, -0.2) is 0 Å². The first-order valence-electron chi connectivity index (χ1n) is 30.9. The minimum atomic E-state index is -1.56. The molecule has 1 aliphatic rings. The summed E-state index contributed by atoms with van der Waals surface area (Å²) in [4.78, 5) is 13.1. The number of amides is 1. The molecule has 1 amide bonds. The summed E-state index contributed by atoms with van der Waals surface area (Å²) in [5.41, 5.74) is 0. The number of rotatable bonds is 54. The standard InChI is InChI=1S/C61H119NO8/c1-3-5-7-9-11-13-15-17-19-21-22-23-24-25-26-27-28-29-30-31-32-33-34-35-37-39-41-43-45-47-49-51-57(65)62-54(53-69-61-60(68)59(67)58(66)56(52-63)70-61)55(64)50-48-46-44-42-40-38-36-20-18-16-14-12-10-8-6-4-2/h48,50,54-56,58-61,63-64,66-68H,3-47,49,51-53H2,1-2H3,(H,62,65)/b50-48+/t54-,55+,56+,58-,59?,60?,61+/m0/s1. The highest BCUT2D eigenvalue weighted by Crippen LogP contribution is 2.23. The number of hydrogen-bond acceptors (Lipinski definition) is 8. The maximum atomic E-state index is 13.1. The van der Waals surface area contributed by atoms with Crippen molar-refractivity contribution < 1.29 is 39.8 Å². The predicted octanol–water partition coefficient (Wildman–Crippen LogP) is 15.6. The van der Waals surface area contributed by atoms with E-state index in [0.717, 1.165) is 38.5 Å². The van der Waals surface area contributed by atoms with Gasteiger partial charge in [-0.15, -0.1) is 0 Å². The van der Waals surface area contributed by atoms with Crippen molar-refractivity contribution >= 4 is 5.91 Å². The van der Waals surface area contributed by atoms with Crippen LogP contribution in [0.2, 0.25) is 0 Å². The van der Waals surface area contributed by atoms with Crippen LogP contribution in [0.15, 0.2) is 12.2 Å². The molecule has 9 heteroatoms. The van der Waals surface area contributed by atoms with E-state index in [1.165, 1.54) is 257 Å². The smallest absolute Gasteiger partial charge is 0.220 e. The van der Waals surface area contributed by atoms with Gasteiger partial charge in [-0.05, 0) is 19.3 Å². The zero-order chi connectivity index (χ0) is 50.8. The molecule has 0 radical (unpaired) electrons. The van der Waals surface area contributed by atoms with E-state index in [1.807, 2.05) is 6.08 Å². The highest BCUT2D eigenvalue weighted by Gasteiger charge is 2.44. The van der Waals surface area contributed by atoms with E-state index >= 15 is 0 Å². The van der Waals surface area contributed by atoms with Crippen molar-refractivity contribution in [2.75, 3.05) is 13.2 Å². The number of carbonyl (C=O) groups is 1. The van der Waals surface area contributed by atoms with Crippen molar-refractivity contribution in [2.24, 2.45) is 0 Å². The van der Waals surface area contributed by atoms with Crippen LogP contribution in [0.25, 0.3) is 0 Å². The maximum Gasteiger partial charge on any atom is 0.220 e. The average Bonchev–Trinajstić information content (AvgIpc) is 3.36. The van der Waals surface area contributed by atoms with Gasteiger partial charge in [0.1, 0.15) is 24.4 Å². The molecule has 0 aromatic carbocycles. The molecule has 0 bridgehead atoms. The summed E-state index contributed by atoms with van der Waals surface area (Å²) in [6.45, 7) is 3.82. The van der Waals surface area contributed by atoms with Gasteiger partial charge < -0.3 is 40.3 Å². The van der Waals surface area contributed by atoms with E-state index in [4.69, 9.17) is 9.47 Å². The molecule has 0 aromatic heterocycles. The summed E-state index contributed by atoms with van der Waals surface area (Å²) < 4.78 is 11.3. The third-order valence-corrected chi connectivity index (χ3v) is 15.1. The second-order valence-corrected chi connectivity index (χ2v) is 21.9. The van der Waals surface area contributed by atoms with Crippen LogP contribution in [-0.2, 0) is 14.3 Å².